The SMILES string of the molecule is Cc1cc(-c2ccc(N(c3ccc(-c4ccccc4)cc3)c3ccc(-c4ccccc4)cc3)cc2)c2c(c1)oc1c3c(ccc12)CCC=C3. The van der Waals surface area contributed by atoms with Gasteiger partial charge in [0, 0.05) is 33.4 Å². The Hall–Kier alpha value is -6.12. The monoisotopic (exact) mass is 629 g/mol. The summed E-state index contributed by atoms with van der Waals surface area (Å²) in [5.74, 6) is 0. The Morgan fingerprint density at radius 2 is 1.06 bits per heavy atom. The first-order chi connectivity index (χ1) is 24.2. The molecule has 0 spiro atoms. The van der Waals surface area contributed by atoms with E-state index >= 15 is 0 Å². The number of nitrogens with zero attached hydrogens (tertiary/aromatic N) is 1. The molecule has 0 fully saturated rings. The highest BCUT2D eigenvalue weighted by molar-refractivity contribution is 6.14. The highest BCUT2D eigenvalue weighted by Gasteiger charge is 2.19. The molecule has 0 atom stereocenters. The van der Waals surface area contributed by atoms with Crippen molar-refractivity contribution in [3.8, 4) is 33.4 Å². The van der Waals surface area contributed by atoms with Crippen LogP contribution in [-0.4, -0.2) is 0 Å². The Morgan fingerprint density at radius 1 is 0.531 bits per heavy atom. The molecule has 0 N–H and O–H groups in total. The summed E-state index contributed by atoms with van der Waals surface area (Å²) in [6.45, 7) is 2.15. The van der Waals surface area contributed by atoms with Crippen molar-refractivity contribution in [2.75, 3.05) is 4.90 Å². The smallest absolute Gasteiger partial charge is 0.142 e. The Labute approximate surface area is 287 Å². The molecule has 0 saturated carbocycles. The maximum Gasteiger partial charge on any atom is 0.142 e. The Kier molecular flexibility index (Phi) is 7.21. The Morgan fingerprint density at radius 3 is 1.63 bits per heavy atom. The number of aryl methyl sites for hydroxylation is 2. The summed E-state index contributed by atoms with van der Waals surface area (Å²) >= 11 is 0. The molecular formula is C47H35NO. The van der Waals surface area contributed by atoms with Gasteiger partial charge in [0.05, 0.1) is 0 Å². The number of fused-ring (bicyclic) bond motifs is 5. The van der Waals surface area contributed by atoms with Crippen molar-refractivity contribution in [3.05, 3.63) is 180 Å². The average Bonchev–Trinajstić information content (AvgIpc) is 3.55. The summed E-state index contributed by atoms with van der Waals surface area (Å²) in [7, 11) is 0. The van der Waals surface area contributed by atoms with E-state index in [1.165, 1.54) is 60.8 Å². The zero-order chi connectivity index (χ0) is 32.7. The molecule has 2 heteroatoms. The van der Waals surface area contributed by atoms with E-state index < -0.39 is 0 Å². The van der Waals surface area contributed by atoms with Gasteiger partial charge in [-0.3, -0.25) is 0 Å². The zero-order valence-electron chi connectivity index (χ0n) is 27.4. The van der Waals surface area contributed by atoms with Crippen LogP contribution in [0, 0.1) is 6.92 Å². The lowest BCUT2D eigenvalue weighted by atomic mass is 9.93. The third kappa shape index (κ3) is 5.32. The zero-order valence-corrected chi connectivity index (χ0v) is 27.4. The van der Waals surface area contributed by atoms with Crippen LogP contribution in [-0.2, 0) is 6.42 Å². The van der Waals surface area contributed by atoms with Gasteiger partial charge in [0.1, 0.15) is 11.2 Å². The van der Waals surface area contributed by atoms with Crippen LogP contribution in [0.2, 0.25) is 0 Å². The van der Waals surface area contributed by atoms with Crippen molar-refractivity contribution in [1.29, 1.82) is 0 Å². The first kappa shape index (κ1) is 29.1. The number of anilines is 3. The normalized spacial score (nSPS) is 12.3. The van der Waals surface area contributed by atoms with Gasteiger partial charge >= 0.3 is 0 Å². The second kappa shape index (κ2) is 12.2. The lowest BCUT2D eigenvalue weighted by Gasteiger charge is -2.26. The lowest BCUT2D eigenvalue weighted by molar-refractivity contribution is 0.666. The maximum absolute atomic E-state index is 6.60. The van der Waals surface area contributed by atoms with Crippen molar-refractivity contribution in [1.82, 2.24) is 0 Å². The van der Waals surface area contributed by atoms with E-state index in [2.05, 4.69) is 182 Å². The second-order valence-electron chi connectivity index (χ2n) is 13.0. The fraction of sp³-hybridized carbons (Fsp3) is 0.0638. The molecule has 0 saturated heterocycles. The van der Waals surface area contributed by atoms with Crippen LogP contribution >= 0.6 is 0 Å². The van der Waals surface area contributed by atoms with Crippen molar-refractivity contribution >= 4 is 45.1 Å². The molecule has 234 valence electrons. The van der Waals surface area contributed by atoms with E-state index in [1.807, 2.05) is 0 Å². The van der Waals surface area contributed by atoms with Crippen LogP contribution in [0.25, 0.3) is 61.4 Å². The molecule has 0 unspecified atom stereocenters. The van der Waals surface area contributed by atoms with Crippen molar-refractivity contribution in [2.45, 2.75) is 19.8 Å². The van der Waals surface area contributed by atoms with Gasteiger partial charge in [-0.25, -0.2) is 0 Å². The Balaban J connectivity index is 1.14. The Bertz CT molecular complexity index is 2370. The van der Waals surface area contributed by atoms with Crippen LogP contribution in [0.15, 0.2) is 168 Å². The van der Waals surface area contributed by atoms with Crippen LogP contribution in [0.1, 0.15) is 23.1 Å². The lowest BCUT2D eigenvalue weighted by Crippen LogP contribution is -2.09. The predicted octanol–water partition coefficient (Wildman–Crippen LogP) is 13.3. The van der Waals surface area contributed by atoms with Crippen molar-refractivity contribution in [3.63, 3.8) is 0 Å². The number of allylic oxidation sites excluding steroid dienone is 1. The third-order valence-electron chi connectivity index (χ3n) is 9.78. The standard InChI is InChI=1S/C47H35NO/c1-32-30-44(46-43-29-22-37-14-8-9-15-42(37)47(43)49-45(46)31-32)38-20-27-41(28-21-38)48(39-23-16-35(17-24-39)33-10-4-2-5-11-33)40-25-18-36(19-26-40)34-12-6-3-7-13-34/h2-7,9-13,15-31H,8,14H2,1H3. The number of rotatable bonds is 6. The van der Waals surface area contributed by atoms with Crippen molar-refractivity contribution in [2.24, 2.45) is 0 Å². The number of hydrogen-bond acceptors (Lipinski definition) is 2. The van der Waals surface area contributed by atoms with E-state index in [1.54, 1.807) is 0 Å². The van der Waals surface area contributed by atoms with E-state index in [0.29, 0.717) is 0 Å². The minimum Gasteiger partial charge on any atom is -0.455 e. The fourth-order valence-electron chi connectivity index (χ4n) is 7.34. The van der Waals surface area contributed by atoms with Gasteiger partial charge in [-0.05, 0) is 107 Å². The molecule has 7 aromatic carbocycles. The number of hydrogen-bond donors (Lipinski definition) is 0. The first-order valence-corrected chi connectivity index (χ1v) is 17.1. The van der Waals surface area contributed by atoms with Gasteiger partial charge < -0.3 is 9.32 Å². The average molecular weight is 630 g/mol. The van der Waals surface area contributed by atoms with Crippen molar-refractivity contribution < 1.29 is 4.42 Å². The van der Waals surface area contributed by atoms with Gasteiger partial charge in [-0.2, -0.15) is 0 Å². The summed E-state index contributed by atoms with van der Waals surface area (Å²) in [6.07, 6.45) is 6.64. The van der Waals surface area contributed by atoms with E-state index in [4.69, 9.17) is 4.42 Å². The molecule has 49 heavy (non-hydrogen) atoms. The van der Waals surface area contributed by atoms with Crippen LogP contribution in [0.3, 0.4) is 0 Å². The van der Waals surface area contributed by atoms with Gasteiger partial charge in [0.2, 0.25) is 0 Å². The molecule has 0 bridgehead atoms. The molecule has 1 aliphatic carbocycles. The molecule has 9 rings (SSSR count). The molecular weight excluding hydrogens is 595 g/mol. The predicted molar refractivity (Wildman–Crippen MR) is 207 cm³/mol. The highest BCUT2D eigenvalue weighted by atomic mass is 16.3. The first-order valence-electron chi connectivity index (χ1n) is 17.1. The topological polar surface area (TPSA) is 16.4 Å². The minimum absolute atomic E-state index is 0.945. The summed E-state index contributed by atoms with van der Waals surface area (Å²) in [4.78, 5) is 2.34. The molecule has 0 amide bonds. The summed E-state index contributed by atoms with van der Waals surface area (Å²) in [6, 6.07) is 56.8. The molecule has 0 aliphatic heterocycles. The molecule has 1 heterocycles. The van der Waals surface area contributed by atoms with Gasteiger partial charge in [0.15, 0.2) is 0 Å². The second-order valence-corrected chi connectivity index (χ2v) is 13.0. The molecule has 2 nitrogen and oxygen atoms in total. The quantitative estimate of drug-likeness (QED) is 0.182. The van der Waals surface area contributed by atoms with E-state index in [9.17, 15) is 0 Å². The molecule has 1 aliphatic rings. The highest BCUT2D eigenvalue weighted by Crippen LogP contribution is 2.42. The van der Waals surface area contributed by atoms with Gasteiger partial charge in [-0.1, -0.05) is 127 Å². The van der Waals surface area contributed by atoms with Gasteiger partial charge in [0.25, 0.3) is 0 Å². The van der Waals surface area contributed by atoms with Crippen LogP contribution in [0.4, 0.5) is 17.1 Å². The number of furan rings is 1. The largest absolute Gasteiger partial charge is 0.455 e. The fourth-order valence-corrected chi connectivity index (χ4v) is 7.34. The van der Waals surface area contributed by atoms with Gasteiger partial charge in [-0.15, -0.1) is 0 Å². The number of benzene rings is 7. The molecule has 8 aromatic rings. The summed E-state index contributed by atoms with van der Waals surface area (Å²) < 4.78 is 6.60. The van der Waals surface area contributed by atoms with Crippen LogP contribution in [0.5, 0.6) is 0 Å². The van der Waals surface area contributed by atoms with E-state index in [-0.39, 0.29) is 0 Å². The maximum atomic E-state index is 6.60. The minimum atomic E-state index is 0.945. The summed E-state index contributed by atoms with van der Waals surface area (Å²) in [5.41, 5.74) is 16.2. The summed E-state index contributed by atoms with van der Waals surface area (Å²) in [5, 5.41) is 2.36. The van der Waals surface area contributed by atoms with E-state index in [0.717, 1.165) is 41.1 Å². The molecule has 1 aromatic heterocycles. The molecule has 0 radical (unpaired) electrons. The van der Waals surface area contributed by atoms with Crippen LogP contribution < -0.4 is 4.90 Å². The third-order valence-corrected chi connectivity index (χ3v) is 9.78.